The maximum Gasteiger partial charge on any atom is 0.282 e. The highest BCUT2D eigenvalue weighted by Gasteiger charge is 2.37. The molecule has 7 nitrogen and oxygen atoms in total. The Morgan fingerprint density at radius 1 is 1.35 bits per heavy atom. The van der Waals surface area contributed by atoms with Crippen LogP contribution in [-0.2, 0) is 15.8 Å². The van der Waals surface area contributed by atoms with Gasteiger partial charge in [0.2, 0.25) is 5.91 Å². The van der Waals surface area contributed by atoms with E-state index >= 15 is 0 Å². The van der Waals surface area contributed by atoms with Crippen LogP contribution in [0.25, 0.3) is 0 Å². The molecule has 0 N–H and O–H groups in total. The second-order valence-electron chi connectivity index (χ2n) is 8.11. The first-order chi connectivity index (χ1) is 11.9. The summed E-state index contributed by atoms with van der Waals surface area (Å²) >= 11 is 0. The first-order valence-electron chi connectivity index (χ1n) is 8.70. The minimum Gasteiger partial charge on any atom is -0.413 e. The van der Waals surface area contributed by atoms with E-state index in [0.29, 0.717) is 24.9 Å². The fourth-order valence-corrected chi connectivity index (χ4v) is 3.45. The summed E-state index contributed by atoms with van der Waals surface area (Å²) in [7, 11) is -1.99. The zero-order valence-electron chi connectivity index (χ0n) is 16.0. The van der Waals surface area contributed by atoms with Crippen LogP contribution in [0.1, 0.15) is 49.5 Å². The minimum absolute atomic E-state index is 0.0361. The van der Waals surface area contributed by atoms with E-state index in [1.165, 1.54) is 12.1 Å². The van der Waals surface area contributed by atoms with Crippen LogP contribution in [0.15, 0.2) is 18.2 Å². The van der Waals surface area contributed by atoms with Gasteiger partial charge in [-0.25, -0.2) is 0 Å². The molecule has 0 unspecified atom stereocenters. The molecule has 1 aliphatic heterocycles. The van der Waals surface area contributed by atoms with Crippen molar-refractivity contribution >= 4 is 25.8 Å². The summed E-state index contributed by atoms with van der Waals surface area (Å²) in [6, 6.07) is 4.41. The van der Waals surface area contributed by atoms with Crippen molar-refractivity contribution in [2.45, 2.75) is 58.4 Å². The first-order valence-corrected chi connectivity index (χ1v) is 11.6. The number of benzene rings is 1. The Balaban J connectivity index is 2.29. The summed E-state index contributed by atoms with van der Waals surface area (Å²) in [5.74, 6) is -0.888. The maximum absolute atomic E-state index is 12.7. The van der Waals surface area contributed by atoms with Gasteiger partial charge in [-0.05, 0) is 42.2 Å². The summed E-state index contributed by atoms with van der Waals surface area (Å²) in [6.45, 7) is 11.2. The summed E-state index contributed by atoms with van der Waals surface area (Å²) < 4.78 is 6.14. The molecule has 1 saturated heterocycles. The van der Waals surface area contributed by atoms with Crippen molar-refractivity contribution in [3.05, 3.63) is 39.4 Å². The van der Waals surface area contributed by atoms with E-state index in [-0.39, 0.29) is 28.8 Å². The van der Waals surface area contributed by atoms with Crippen molar-refractivity contribution in [1.29, 1.82) is 0 Å². The van der Waals surface area contributed by atoms with Gasteiger partial charge in [-0.1, -0.05) is 20.8 Å². The molecule has 8 heteroatoms. The Morgan fingerprint density at radius 3 is 2.50 bits per heavy atom. The van der Waals surface area contributed by atoms with Gasteiger partial charge in [-0.15, -0.1) is 0 Å². The van der Waals surface area contributed by atoms with Crippen LogP contribution < -0.4 is 0 Å². The standard InChI is InChI=1S/C18H26N2O5Si/c1-18(2,3)26(4,5)25-12-13-8-9-15(20(23)24)14(11-13)17(22)19-10-6-7-16(19)21/h8-9,11H,6-7,10,12H2,1-5H3. The molecule has 26 heavy (non-hydrogen) atoms. The number of imide groups is 1. The van der Waals surface area contributed by atoms with Gasteiger partial charge in [0.25, 0.3) is 11.6 Å². The molecule has 1 aromatic rings. The number of amides is 2. The third-order valence-corrected chi connectivity index (χ3v) is 9.69. The quantitative estimate of drug-likeness (QED) is 0.336. The Morgan fingerprint density at radius 2 is 2.00 bits per heavy atom. The molecule has 0 spiro atoms. The minimum atomic E-state index is -1.99. The monoisotopic (exact) mass is 378 g/mol. The molecular formula is C18H26N2O5Si. The Kier molecular flexibility index (Phi) is 5.67. The molecule has 0 radical (unpaired) electrons. The summed E-state index contributed by atoms with van der Waals surface area (Å²) in [4.78, 5) is 36.3. The average Bonchev–Trinajstić information content (AvgIpc) is 2.97. The van der Waals surface area contributed by atoms with Crippen molar-refractivity contribution in [2.24, 2.45) is 0 Å². The van der Waals surface area contributed by atoms with Crippen molar-refractivity contribution in [3.63, 3.8) is 0 Å². The van der Waals surface area contributed by atoms with Crippen molar-refractivity contribution in [3.8, 4) is 0 Å². The number of nitro benzene ring substituents is 1. The highest BCUT2D eigenvalue weighted by molar-refractivity contribution is 6.74. The molecule has 1 aromatic carbocycles. The van der Waals surface area contributed by atoms with Crippen LogP contribution in [-0.4, -0.2) is 36.5 Å². The molecule has 1 aliphatic rings. The van der Waals surface area contributed by atoms with Crippen LogP contribution in [0, 0.1) is 10.1 Å². The lowest BCUT2D eigenvalue weighted by molar-refractivity contribution is -0.385. The Labute approximate surface area is 154 Å². The highest BCUT2D eigenvalue weighted by Crippen LogP contribution is 2.37. The van der Waals surface area contributed by atoms with Crippen LogP contribution in [0.2, 0.25) is 18.1 Å². The molecule has 0 bridgehead atoms. The van der Waals surface area contributed by atoms with E-state index in [4.69, 9.17) is 4.43 Å². The topological polar surface area (TPSA) is 89.8 Å². The largest absolute Gasteiger partial charge is 0.413 e. The molecule has 0 atom stereocenters. The van der Waals surface area contributed by atoms with Gasteiger partial charge >= 0.3 is 0 Å². The van der Waals surface area contributed by atoms with Crippen molar-refractivity contribution in [1.82, 2.24) is 4.90 Å². The van der Waals surface area contributed by atoms with Gasteiger partial charge in [0, 0.05) is 19.0 Å². The fourth-order valence-electron chi connectivity index (χ4n) is 2.49. The van der Waals surface area contributed by atoms with E-state index in [9.17, 15) is 19.7 Å². The molecule has 142 valence electrons. The number of hydrogen-bond donors (Lipinski definition) is 0. The first kappa shape index (κ1) is 20.3. The molecule has 2 rings (SSSR count). The molecule has 1 fully saturated rings. The SMILES string of the molecule is CC(C)(C)[Si](C)(C)OCc1ccc([N+](=O)[O-])c(C(=O)N2CCCC2=O)c1. The number of nitrogens with zero attached hydrogens (tertiary/aromatic N) is 2. The van der Waals surface area contributed by atoms with Crippen molar-refractivity contribution in [2.75, 3.05) is 6.54 Å². The third-order valence-electron chi connectivity index (χ3n) is 5.21. The molecular weight excluding hydrogens is 352 g/mol. The van der Waals surface area contributed by atoms with Crippen LogP contribution >= 0.6 is 0 Å². The maximum atomic E-state index is 12.7. The predicted octanol–water partition coefficient (Wildman–Crippen LogP) is 3.88. The molecule has 0 aliphatic carbocycles. The lowest BCUT2D eigenvalue weighted by atomic mass is 10.1. The third kappa shape index (κ3) is 4.18. The van der Waals surface area contributed by atoms with Gasteiger partial charge in [-0.2, -0.15) is 0 Å². The number of carbonyl (C=O) groups excluding carboxylic acids is 2. The number of likely N-dealkylation sites (tertiary alicyclic amines) is 1. The number of hydrogen-bond acceptors (Lipinski definition) is 5. The molecule has 2 amide bonds. The normalized spacial score (nSPS) is 15.4. The summed E-state index contributed by atoms with van der Waals surface area (Å²) in [6.07, 6.45) is 0.889. The van der Waals surface area contributed by atoms with E-state index in [1.807, 2.05) is 0 Å². The van der Waals surface area contributed by atoms with E-state index in [0.717, 1.165) is 4.90 Å². The summed E-state index contributed by atoms with van der Waals surface area (Å²) in [5.41, 5.74) is 0.350. The van der Waals surface area contributed by atoms with E-state index < -0.39 is 19.1 Å². The smallest absolute Gasteiger partial charge is 0.282 e. The Bertz CT molecular complexity index is 740. The van der Waals surface area contributed by atoms with Gasteiger partial charge in [0.15, 0.2) is 8.32 Å². The van der Waals surface area contributed by atoms with E-state index in [2.05, 4.69) is 33.9 Å². The van der Waals surface area contributed by atoms with Crippen LogP contribution in [0.5, 0.6) is 0 Å². The second-order valence-corrected chi connectivity index (χ2v) is 12.9. The number of rotatable bonds is 5. The lowest BCUT2D eigenvalue weighted by Crippen LogP contribution is -2.40. The molecule has 0 saturated carbocycles. The number of nitro groups is 1. The second kappa shape index (κ2) is 7.28. The predicted molar refractivity (Wildman–Crippen MR) is 100 cm³/mol. The summed E-state index contributed by atoms with van der Waals surface area (Å²) in [5, 5.41) is 11.3. The van der Waals surface area contributed by atoms with Gasteiger partial charge in [0.05, 0.1) is 11.5 Å². The molecule has 0 aromatic heterocycles. The fraction of sp³-hybridized carbons (Fsp3) is 0.556. The van der Waals surface area contributed by atoms with Gasteiger partial charge in [0.1, 0.15) is 5.56 Å². The zero-order valence-corrected chi connectivity index (χ0v) is 17.0. The zero-order chi connectivity index (χ0) is 19.7. The lowest BCUT2D eigenvalue weighted by Gasteiger charge is -2.36. The average molecular weight is 379 g/mol. The highest BCUT2D eigenvalue weighted by atomic mass is 28.4. The number of carbonyl (C=O) groups is 2. The van der Waals surface area contributed by atoms with Gasteiger partial charge < -0.3 is 4.43 Å². The Hall–Kier alpha value is -2.06. The van der Waals surface area contributed by atoms with E-state index in [1.54, 1.807) is 6.07 Å². The van der Waals surface area contributed by atoms with Crippen molar-refractivity contribution < 1.29 is 18.9 Å². The molecule has 1 heterocycles. The van der Waals surface area contributed by atoms with Crippen LogP contribution in [0.3, 0.4) is 0 Å². The van der Waals surface area contributed by atoms with Crippen LogP contribution in [0.4, 0.5) is 5.69 Å². The van der Waals surface area contributed by atoms with Gasteiger partial charge in [-0.3, -0.25) is 24.6 Å².